The third-order valence-corrected chi connectivity index (χ3v) is 4.84. The predicted octanol–water partition coefficient (Wildman–Crippen LogP) is 1.86. The monoisotopic (exact) mass is 399 g/mol. The highest BCUT2D eigenvalue weighted by atomic mass is 19.1. The van der Waals surface area contributed by atoms with E-state index in [0.717, 1.165) is 38.4 Å². The molecule has 2 aromatic rings. The normalized spacial score (nSPS) is 14.4. The second kappa shape index (κ2) is 10.7. The number of rotatable bonds is 8. The summed E-state index contributed by atoms with van der Waals surface area (Å²) in [7, 11) is 0. The van der Waals surface area contributed by atoms with Gasteiger partial charge in [0.2, 0.25) is 0 Å². The third kappa shape index (κ3) is 6.66. The Morgan fingerprint density at radius 2 is 1.41 bits per heavy atom. The summed E-state index contributed by atoms with van der Waals surface area (Å²) < 4.78 is 18.2. The SMILES string of the molecule is O=C(NCCc1ccc(F)cc1)c1ccc(C(=O)NCCN2CCOCC2)cc1. The minimum Gasteiger partial charge on any atom is -0.379 e. The van der Waals surface area contributed by atoms with Crippen molar-refractivity contribution >= 4 is 11.8 Å². The van der Waals surface area contributed by atoms with Crippen molar-refractivity contribution in [2.45, 2.75) is 6.42 Å². The molecule has 0 radical (unpaired) electrons. The van der Waals surface area contributed by atoms with E-state index in [9.17, 15) is 14.0 Å². The number of nitrogens with one attached hydrogen (secondary N) is 2. The Morgan fingerprint density at radius 3 is 2.00 bits per heavy atom. The number of hydrogen-bond donors (Lipinski definition) is 2. The van der Waals surface area contributed by atoms with Crippen LogP contribution in [0.4, 0.5) is 4.39 Å². The van der Waals surface area contributed by atoms with Crippen LogP contribution in [0.1, 0.15) is 26.3 Å². The lowest BCUT2D eigenvalue weighted by Crippen LogP contribution is -2.41. The summed E-state index contributed by atoms with van der Waals surface area (Å²) in [6.45, 7) is 5.08. The first-order valence-electron chi connectivity index (χ1n) is 9.83. The molecule has 0 saturated carbocycles. The third-order valence-electron chi connectivity index (χ3n) is 4.84. The molecule has 3 rings (SSSR count). The molecule has 0 aromatic heterocycles. The van der Waals surface area contributed by atoms with Crippen molar-refractivity contribution in [2.24, 2.45) is 0 Å². The average Bonchev–Trinajstić information content (AvgIpc) is 2.76. The van der Waals surface area contributed by atoms with Gasteiger partial charge in [-0.3, -0.25) is 14.5 Å². The van der Waals surface area contributed by atoms with Crippen LogP contribution in [0.15, 0.2) is 48.5 Å². The molecule has 1 aliphatic heterocycles. The van der Waals surface area contributed by atoms with Crippen LogP contribution in [0.5, 0.6) is 0 Å². The van der Waals surface area contributed by atoms with Crippen LogP contribution in [0.25, 0.3) is 0 Å². The fourth-order valence-corrected chi connectivity index (χ4v) is 3.10. The Balaban J connectivity index is 1.40. The Labute approximate surface area is 170 Å². The van der Waals surface area contributed by atoms with Crippen molar-refractivity contribution in [2.75, 3.05) is 45.9 Å². The molecule has 29 heavy (non-hydrogen) atoms. The molecule has 1 aliphatic rings. The second-order valence-corrected chi connectivity index (χ2v) is 6.92. The number of carbonyl (C=O) groups is 2. The van der Waals surface area contributed by atoms with Gasteiger partial charge >= 0.3 is 0 Å². The summed E-state index contributed by atoms with van der Waals surface area (Å²) in [5.41, 5.74) is 1.97. The van der Waals surface area contributed by atoms with Gasteiger partial charge in [0.1, 0.15) is 5.82 Å². The van der Waals surface area contributed by atoms with Crippen molar-refractivity contribution in [1.82, 2.24) is 15.5 Å². The van der Waals surface area contributed by atoms with Crippen LogP contribution in [0, 0.1) is 5.82 Å². The number of halogens is 1. The Morgan fingerprint density at radius 1 is 0.862 bits per heavy atom. The van der Waals surface area contributed by atoms with Gasteiger partial charge in [0.25, 0.3) is 11.8 Å². The van der Waals surface area contributed by atoms with E-state index in [-0.39, 0.29) is 17.6 Å². The van der Waals surface area contributed by atoms with Crippen molar-refractivity contribution in [3.63, 3.8) is 0 Å². The Hall–Kier alpha value is -2.77. The molecule has 154 valence electrons. The van der Waals surface area contributed by atoms with Crippen LogP contribution >= 0.6 is 0 Å². The van der Waals surface area contributed by atoms with Crippen LogP contribution in [0.3, 0.4) is 0 Å². The summed E-state index contributed by atoms with van der Waals surface area (Å²) in [6, 6.07) is 12.8. The molecular weight excluding hydrogens is 373 g/mol. The Kier molecular flexibility index (Phi) is 7.72. The lowest BCUT2D eigenvalue weighted by Gasteiger charge is -2.26. The summed E-state index contributed by atoms with van der Waals surface area (Å²) in [4.78, 5) is 26.7. The highest BCUT2D eigenvalue weighted by molar-refractivity contribution is 5.97. The van der Waals surface area contributed by atoms with Gasteiger partial charge < -0.3 is 15.4 Å². The standard InChI is InChI=1S/C22H26FN3O3/c23-20-7-1-17(2-8-20)9-10-24-21(27)18-3-5-19(6-4-18)22(28)25-11-12-26-13-15-29-16-14-26/h1-8H,9-16H2,(H,24,27)(H,25,28). The molecular formula is C22H26FN3O3. The molecule has 0 aliphatic carbocycles. The lowest BCUT2D eigenvalue weighted by atomic mass is 10.1. The fourth-order valence-electron chi connectivity index (χ4n) is 3.10. The summed E-state index contributed by atoms with van der Waals surface area (Å²) in [6.07, 6.45) is 0.621. The summed E-state index contributed by atoms with van der Waals surface area (Å²) >= 11 is 0. The maximum absolute atomic E-state index is 12.9. The van der Waals surface area contributed by atoms with E-state index in [1.807, 2.05) is 0 Å². The van der Waals surface area contributed by atoms with E-state index in [0.29, 0.717) is 30.6 Å². The van der Waals surface area contributed by atoms with Gasteiger partial charge in [-0.15, -0.1) is 0 Å². The number of benzene rings is 2. The largest absolute Gasteiger partial charge is 0.379 e. The van der Waals surface area contributed by atoms with Gasteiger partial charge in [0, 0.05) is 43.9 Å². The topological polar surface area (TPSA) is 70.7 Å². The molecule has 1 saturated heterocycles. The molecule has 2 amide bonds. The first kappa shape index (κ1) is 21.0. The van der Waals surface area contributed by atoms with Gasteiger partial charge in [-0.25, -0.2) is 4.39 Å². The number of nitrogens with zero attached hydrogens (tertiary/aromatic N) is 1. The quantitative estimate of drug-likeness (QED) is 0.711. The zero-order valence-corrected chi connectivity index (χ0v) is 16.3. The van der Waals surface area contributed by atoms with E-state index in [1.54, 1.807) is 36.4 Å². The van der Waals surface area contributed by atoms with Gasteiger partial charge in [-0.1, -0.05) is 12.1 Å². The first-order chi connectivity index (χ1) is 14.1. The molecule has 0 spiro atoms. The average molecular weight is 399 g/mol. The van der Waals surface area contributed by atoms with E-state index in [4.69, 9.17) is 4.74 Å². The molecule has 1 fully saturated rings. The van der Waals surface area contributed by atoms with Gasteiger partial charge in [0.15, 0.2) is 0 Å². The minimum atomic E-state index is -0.275. The number of amides is 2. The predicted molar refractivity (Wildman–Crippen MR) is 108 cm³/mol. The first-order valence-corrected chi connectivity index (χ1v) is 9.83. The maximum Gasteiger partial charge on any atom is 0.251 e. The number of carbonyl (C=O) groups excluding carboxylic acids is 2. The number of ether oxygens (including phenoxy) is 1. The van der Waals surface area contributed by atoms with Gasteiger partial charge in [-0.05, 0) is 48.4 Å². The number of hydrogen-bond acceptors (Lipinski definition) is 4. The van der Waals surface area contributed by atoms with E-state index in [2.05, 4.69) is 15.5 Å². The lowest BCUT2D eigenvalue weighted by molar-refractivity contribution is 0.0383. The molecule has 1 heterocycles. The molecule has 6 nitrogen and oxygen atoms in total. The van der Waals surface area contributed by atoms with Crippen molar-refractivity contribution < 1.29 is 18.7 Å². The molecule has 2 aromatic carbocycles. The minimum absolute atomic E-state index is 0.151. The summed E-state index contributed by atoms with van der Waals surface area (Å²) in [5, 5.41) is 5.74. The van der Waals surface area contributed by atoms with E-state index < -0.39 is 0 Å². The van der Waals surface area contributed by atoms with E-state index >= 15 is 0 Å². The van der Waals surface area contributed by atoms with Crippen LogP contribution in [0.2, 0.25) is 0 Å². The van der Waals surface area contributed by atoms with Crippen LogP contribution in [-0.2, 0) is 11.2 Å². The second-order valence-electron chi connectivity index (χ2n) is 6.92. The van der Waals surface area contributed by atoms with Crippen LogP contribution < -0.4 is 10.6 Å². The van der Waals surface area contributed by atoms with Crippen molar-refractivity contribution in [3.05, 3.63) is 71.0 Å². The molecule has 0 atom stereocenters. The molecule has 7 heteroatoms. The maximum atomic E-state index is 12.9. The Bertz CT molecular complexity index is 803. The highest BCUT2D eigenvalue weighted by Gasteiger charge is 2.12. The van der Waals surface area contributed by atoms with Crippen molar-refractivity contribution in [1.29, 1.82) is 0 Å². The zero-order valence-electron chi connectivity index (χ0n) is 16.3. The van der Waals surface area contributed by atoms with Crippen molar-refractivity contribution in [3.8, 4) is 0 Å². The molecule has 2 N–H and O–H groups in total. The van der Waals surface area contributed by atoms with Crippen LogP contribution in [-0.4, -0.2) is 62.7 Å². The number of morpholine rings is 1. The zero-order chi connectivity index (χ0) is 20.5. The molecule has 0 bridgehead atoms. The fraction of sp³-hybridized carbons (Fsp3) is 0.364. The molecule has 0 unspecified atom stereocenters. The highest BCUT2D eigenvalue weighted by Crippen LogP contribution is 2.06. The van der Waals surface area contributed by atoms with Gasteiger partial charge in [0.05, 0.1) is 13.2 Å². The van der Waals surface area contributed by atoms with E-state index in [1.165, 1.54) is 12.1 Å². The van der Waals surface area contributed by atoms with Gasteiger partial charge in [-0.2, -0.15) is 0 Å². The smallest absolute Gasteiger partial charge is 0.251 e. The summed E-state index contributed by atoms with van der Waals surface area (Å²) in [5.74, 6) is -0.629.